The van der Waals surface area contributed by atoms with E-state index < -0.39 is 12.9 Å². The number of nitrogens with zero attached hydrogens (tertiary/aromatic N) is 2. The van der Waals surface area contributed by atoms with Gasteiger partial charge in [-0.05, 0) is 23.7 Å². The minimum absolute atomic E-state index is 0.0334. The first-order valence-electron chi connectivity index (χ1n) is 7.38. The molecule has 23 heavy (non-hydrogen) atoms. The summed E-state index contributed by atoms with van der Waals surface area (Å²) in [6.45, 7) is 5.26. The van der Waals surface area contributed by atoms with Crippen LogP contribution in [0.5, 0.6) is 0 Å². The topological polar surface area (TPSA) is 55.1 Å². The normalized spacial score (nSPS) is 16.9. The van der Waals surface area contributed by atoms with Crippen LogP contribution in [0.3, 0.4) is 0 Å². The van der Waals surface area contributed by atoms with E-state index in [1.807, 2.05) is 6.07 Å². The lowest BCUT2D eigenvalue weighted by atomic mass is 9.75. The van der Waals surface area contributed by atoms with Crippen LogP contribution >= 0.6 is 0 Å². The highest BCUT2D eigenvalue weighted by Crippen LogP contribution is 2.25. The van der Waals surface area contributed by atoms with Crippen LogP contribution in [0.4, 0.5) is 4.39 Å². The van der Waals surface area contributed by atoms with Crippen LogP contribution < -0.4 is 5.46 Å². The molecule has 1 fully saturated rings. The molecule has 4 nitrogen and oxygen atoms in total. The molecule has 0 radical (unpaired) electrons. The van der Waals surface area contributed by atoms with Crippen molar-refractivity contribution in [1.29, 1.82) is 5.26 Å². The molecule has 0 N–H and O–H groups in total. The third-order valence-electron chi connectivity index (χ3n) is 3.70. The molecule has 0 aliphatic carbocycles. The Balaban J connectivity index is 1.96. The van der Waals surface area contributed by atoms with Gasteiger partial charge in [0.25, 0.3) is 0 Å². The highest BCUT2D eigenvalue weighted by atomic mass is 19.1. The molecule has 1 aliphatic heterocycles. The molecule has 0 spiro atoms. The summed E-state index contributed by atoms with van der Waals surface area (Å²) in [6, 6.07) is 9.94. The van der Waals surface area contributed by atoms with Crippen LogP contribution in [-0.2, 0) is 9.31 Å². The van der Waals surface area contributed by atoms with Crippen LogP contribution in [0.15, 0.2) is 36.5 Å². The first-order valence-corrected chi connectivity index (χ1v) is 7.38. The molecule has 0 atom stereocenters. The molecule has 2 heterocycles. The van der Waals surface area contributed by atoms with Crippen molar-refractivity contribution in [1.82, 2.24) is 4.98 Å². The number of hydrogen-bond acceptors (Lipinski definition) is 4. The van der Waals surface area contributed by atoms with Crippen LogP contribution in [0, 0.1) is 22.6 Å². The molecule has 116 valence electrons. The third-order valence-corrected chi connectivity index (χ3v) is 3.70. The molecule has 0 saturated carbocycles. The van der Waals surface area contributed by atoms with E-state index in [2.05, 4.69) is 18.8 Å². The predicted octanol–water partition coefficient (Wildman–Crippen LogP) is 2.53. The minimum atomic E-state index is -0.531. The number of pyridine rings is 1. The molecule has 0 amide bonds. The predicted molar refractivity (Wildman–Crippen MR) is 85.4 cm³/mol. The second kappa shape index (κ2) is 6.11. The number of rotatable bonds is 2. The molecule has 1 aromatic carbocycles. The second-order valence-corrected chi connectivity index (χ2v) is 6.37. The quantitative estimate of drug-likeness (QED) is 0.800. The van der Waals surface area contributed by atoms with E-state index in [1.54, 1.807) is 30.5 Å². The van der Waals surface area contributed by atoms with Gasteiger partial charge in [0.15, 0.2) is 0 Å². The van der Waals surface area contributed by atoms with Crippen molar-refractivity contribution < 1.29 is 13.7 Å². The monoisotopic (exact) mass is 310 g/mol. The number of aromatic nitrogens is 1. The van der Waals surface area contributed by atoms with E-state index in [9.17, 15) is 9.65 Å². The molecule has 1 aliphatic rings. The molecule has 1 aromatic heterocycles. The Kier molecular flexibility index (Phi) is 4.16. The highest BCUT2D eigenvalue weighted by molar-refractivity contribution is 6.61. The van der Waals surface area contributed by atoms with Crippen molar-refractivity contribution in [2.24, 2.45) is 5.41 Å². The zero-order valence-corrected chi connectivity index (χ0v) is 13.0. The summed E-state index contributed by atoms with van der Waals surface area (Å²) in [6.07, 6.45) is 1.54. The maximum Gasteiger partial charge on any atom is 0.493 e. The van der Waals surface area contributed by atoms with Gasteiger partial charge < -0.3 is 9.31 Å². The SMILES string of the molecule is CC1(C)COB(c2ccc(F)c(-c3ncccc3C#N)c2)OC1. The van der Waals surface area contributed by atoms with Crippen molar-refractivity contribution in [2.45, 2.75) is 13.8 Å². The number of halogens is 1. The van der Waals surface area contributed by atoms with Gasteiger partial charge in [-0.15, -0.1) is 0 Å². The van der Waals surface area contributed by atoms with Crippen molar-refractivity contribution in [3.8, 4) is 17.3 Å². The smallest absolute Gasteiger partial charge is 0.407 e. The number of nitriles is 1. The standard InChI is InChI=1S/C17H16BFN2O2/c1-17(2)10-22-18(23-11-17)13-5-6-15(19)14(8-13)16-12(9-20)4-3-7-21-16/h3-8H,10-11H2,1-2H3. The first kappa shape index (κ1) is 15.7. The van der Waals surface area contributed by atoms with Gasteiger partial charge in [-0.2, -0.15) is 5.26 Å². The van der Waals surface area contributed by atoms with E-state index in [4.69, 9.17) is 9.31 Å². The third kappa shape index (κ3) is 3.26. The molecule has 3 rings (SSSR count). The van der Waals surface area contributed by atoms with E-state index in [0.29, 0.717) is 29.9 Å². The van der Waals surface area contributed by atoms with Crippen LogP contribution in [0.25, 0.3) is 11.3 Å². The molecule has 2 aromatic rings. The molecule has 6 heteroatoms. The van der Waals surface area contributed by atoms with Crippen molar-refractivity contribution in [3.63, 3.8) is 0 Å². The fourth-order valence-corrected chi connectivity index (χ4v) is 2.47. The van der Waals surface area contributed by atoms with E-state index in [-0.39, 0.29) is 11.0 Å². The van der Waals surface area contributed by atoms with Gasteiger partial charge in [-0.3, -0.25) is 4.98 Å². The summed E-state index contributed by atoms with van der Waals surface area (Å²) >= 11 is 0. The summed E-state index contributed by atoms with van der Waals surface area (Å²) in [5.41, 5.74) is 1.61. The lowest BCUT2D eigenvalue weighted by molar-refractivity contribution is 0.0343. The van der Waals surface area contributed by atoms with Crippen LogP contribution in [-0.4, -0.2) is 25.3 Å². The Morgan fingerprint density at radius 1 is 1.26 bits per heavy atom. The van der Waals surface area contributed by atoms with Gasteiger partial charge in [-0.25, -0.2) is 4.39 Å². The Morgan fingerprint density at radius 2 is 2.00 bits per heavy atom. The Labute approximate surface area is 135 Å². The second-order valence-electron chi connectivity index (χ2n) is 6.37. The van der Waals surface area contributed by atoms with E-state index in [0.717, 1.165) is 0 Å². The fourth-order valence-electron chi connectivity index (χ4n) is 2.47. The summed E-state index contributed by atoms with van der Waals surface area (Å²) < 4.78 is 25.7. The molecular formula is C17H16BFN2O2. The Bertz CT molecular complexity index is 763. The van der Waals surface area contributed by atoms with Gasteiger partial charge in [0.1, 0.15) is 11.9 Å². The Hall–Kier alpha value is -2.23. The Morgan fingerprint density at radius 3 is 2.70 bits per heavy atom. The molecule has 1 saturated heterocycles. The van der Waals surface area contributed by atoms with Gasteiger partial charge in [0.2, 0.25) is 0 Å². The largest absolute Gasteiger partial charge is 0.493 e. The zero-order valence-electron chi connectivity index (χ0n) is 13.0. The van der Waals surface area contributed by atoms with Crippen molar-refractivity contribution in [2.75, 3.05) is 13.2 Å². The van der Waals surface area contributed by atoms with Crippen molar-refractivity contribution in [3.05, 3.63) is 47.9 Å². The number of benzene rings is 1. The first-order chi connectivity index (χ1) is 11.0. The maximum atomic E-state index is 14.2. The van der Waals surface area contributed by atoms with Gasteiger partial charge in [0, 0.05) is 30.4 Å². The summed E-state index contributed by atoms with van der Waals surface area (Å²) in [5, 5.41) is 9.18. The lowest BCUT2D eigenvalue weighted by Gasteiger charge is -2.33. The lowest BCUT2D eigenvalue weighted by Crippen LogP contribution is -2.47. The summed E-state index contributed by atoms with van der Waals surface area (Å²) in [5.74, 6) is -0.430. The summed E-state index contributed by atoms with van der Waals surface area (Å²) in [7, 11) is -0.531. The molecule has 0 bridgehead atoms. The van der Waals surface area contributed by atoms with E-state index in [1.165, 1.54) is 6.07 Å². The highest BCUT2D eigenvalue weighted by Gasteiger charge is 2.33. The number of hydrogen-bond donors (Lipinski definition) is 0. The van der Waals surface area contributed by atoms with E-state index >= 15 is 0 Å². The van der Waals surface area contributed by atoms with Gasteiger partial charge >= 0.3 is 7.12 Å². The summed E-state index contributed by atoms with van der Waals surface area (Å²) in [4.78, 5) is 4.15. The van der Waals surface area contributed by atoms with Gasteiger partial charge in [0.05, 0.1) is 11.3 Å². The zero-order chi connectivity index (χ0) is 16.4. The average Bonchev–Trinajstić information content (AvgIpc) is 2.55. The molecular weight excluding hydrogens is 294 g/mol. The average molecular weight is 310 g/mol. The van der Waals surface area contributed by atoms with Crippen LogP contribution in [0.2, 0.25) is 0 Å². The van der Waals surface area contributed by atoms with Crippen LogP contribution in [0.1, 0.15) is 19.4 Å². The fraction of sp³-hybridized carbons (Fsp3) is 0.294. The molecule has 0 unspecified atom stereocenters. The maximum absolute atomic E-state index is 14.2. The minimum Gasteiger partial charge on any atom is -0.407 e. The van der Waals surface area contributed by atoms with Gasteiger partial charge in [-0.1, -0.05) is 26.0 Å². The van der Waals surface area contributed by atoms with Crippen molar-refractivity contribution >= 4 is 12.6 Å².